The van der Waals surface area contributed by atoms with Crippen LogP contribution in [0.2, 0.25) is 0 Å². The average molecular weight is 784 g/mol. The van der Waals surface area contributed by atoms with Gasteiger partial charge in [-0.25, -0.2) is 4.98 Å². The fourth-order valence-corrected chi connectivity index (χ4v) is 12.0. The van der Waals surface area contributed by atoms with Crippen LogP contribution in [0.4, 0.5) is 0 Å². The van der Waals surface area contributed by atoms with Crippen molar-refractivity contribution in [2.45, 2.75) is 82.5 Å². The molecule has 1 aromatic heterocycles. The van der Waals surface area contributed by atoms with Crippen molar-refractivity contribution < 1.29 is 4.74 Å². The lowest BCUT2D eigenvalue weighted by Gasteiger charge is -2.49. The summed E-state index contributed by atoms with van der Waals surface area (Å²) in [4.78, 5) is 23.6. The van der Waals surface area contributed by atoms with Gasteiger partial charge in [-0.2, -0.15) is 0 Å². The van der Waals surface area contributed by atoms with Crippen LogP contribution < -0.4 is 5.56 Å². The normalized spacial score (nSPS) is 18.9. The number of aromatic amines is 1. The van der Waals surface area contributed by atoms with E-state index in [2.05, 4.69) is 144 Å². The molecule has 1 atom stereocenters. The summed E-state index contributed by atoms with van der Waals surface area (Å²) in [6.07, 6.45) is 7.02. The molecule has 7 aromatic rings. The summed E-state index contributed by atoms with van der Waals surface area (Å²) in [7, 11) is 0. The molecule has 6 aromatic carbocycles. The van der Waals surface area contributed by atoms with Crippen LogP contribution in [0.5, 0.6) is 0 Å². The van der Waals surface area contributed by atoms with Gasteiger partial charge in [-0.3, -0.25) is 9.69 Å². The number of fused-ring (bicyclic) bond motifs is 10. The SMILES string of the molecule is Cc1nc2c(c(=O)[nH]1)CC(C)(N1CCC(OC(c3cccc4c3Cc3ccccc3-4)(c3cccc4c3Cc3ccccc3-4)c3cccc4c3Cc3ccccc3-4)CC1)CC2. The molecule has 1 fully saturated rings. The zero-order valence-electron chi connectivity index (χ0n) is 34.5. The Hall–Kier alpha value is -5.88. The lowest BCUT2D eigenvalue weighted by molar-refractivity contribution is -0.0850. The van der Waals surface area contributed by atoms with Crippen LogP contribution >= 0.6 is 0 Å². The maximum atomic E-state index is 13.2. The van der Waals surface area contributed by atoms with Crippen LogP contribution in [0, 0.1) is 6.92 Å². The first-order valence-corrected chi connectivity index (χ1v) is 22.0. The van der Waals surface area contributed by atoms with E-state index < -0.39 is 5.60 Å². The van der Waals surface area contributed by atoms with Crippen LogP contribution in [-0.4, -0.2) is 39.6 Å². The molecule has 0 amide bonds. The van der Waals surface area contributed by atoms with Crippen molar-refractivity contribution in [1.29, 1.82) is 0 Å². The molecule has 5 nitrogen and oxygen atoms in total. The predicted octanol–water partition coefficient (Wildman–Crippen LogP) is 10.5. The molecule has 296 valence electrons. The third-order valence-electron chi connectivity index (χ3n) is 14.9. The van der Waals surface area contributed by atoms with Crippen LogP contribution in [-0.2, 0) is 42.4 Å². The van der Waals surface area contributed by atoms with Gasteiger partial charge in [0.15, 0.2) is 0 Å². The van der Waals surface area contributed by atoms with E-state index in [9.17, 15) is 4.79 Å². The molecule has 1 N–H and O–H groups in total. The Morgan fingerprint density at radius 3 is 1.55 bits per heavy atom. The largest absolute Gasteiger partial charge is 0.357 e. The lowest BCUT2D eigenvalue weighted by Crippen LogP contribution is -2.55. The number of aromatic nitrogens is 2. The molecule has 1 unspecified atom stereocenters. The van der Waals surface area contributed by atoms with Gasteiger partial charge in [0.05, 0.1) is 11.8 Å². The highest BCUT2D eigenvalue weighted by molar-refractivity contribution is 5.84. The molecule has 12 rings (SSSR count). The fraction of sp³-hybridized carbons (Fsp3) is 0.273. The molecule has 4 aliphatic carbocycles. The summed E-state index contributed by atoms with van der Waals surface area (Å²) >= 11 is 0. The van der Waals surface area contributed by atoms with Crippen molar-refractivity contribution in [2.24, 2.45) is 0 Å². The Balaban J connectivity index is 1.03. The molecule has 0 saturated carbocycles. The van der Waals surface area contributed by atoms with Gasteiger partial charge < -0.3 is 9.72 Å². The molecule has 0 bridgehead atoms. The number of H-pyrrole nitrogens is 1. The number of rotatable bonds is 6. The zero-order valence-corrected chi connectivity index (χ0v) is 34.5. The van der Waals surface area contributed by atoms with Crippen molar-refractivity contribution in [2.75, 3.05) is 13.1 Å². The Bertz CT molecular complexity index is 2720. The van der Waals surface area contributed by atoms with Gasteiger partial charge in [-0.1, -0.05) is 127 Å². The van der Waals surface area contributed by atoms with Gasteiger partial charge in [0.2, 0.25) is 0 Å². The monoisotopic (exact) mass is 783 g/mol. The standard InChI is InChI=1S/C55H49N3O2/c1-34-56-52-24-27-54(2,33-48(52)53(59)57-34)58-28-25-38(26-29-58)60-55(49-21-9-18-42-39-15-6-3-12-35(39)30-45(42)49,50-22-10-19-43-40-16-7-4-13-36(40)31-46(43)50)51-23-11-20-44-41-17-8-5-14-37(41)32-47(44)51/h3-23,38H,24-33H2,1-2H3,(H,56,57,59). The molecule has 0 radical (unpaired) electrons. The van der Waals surface area contributed by atoms with Gasteiger partial charge in [-0.15, -0.1) is 0 Å². The van der Waals surface area contributed by atoms with E-state index in [1.165, 1.54) is 83.5 Å². The van der Waals surface area contributed by atoms with E-state index in [4.69, 9.17) is 9.72 Å². The molecule has 5 aliphatic rings. The number of nitrogens with one attached hydrogen (secondary N) is 1. The summed E-state index contributed by atoms with van der Waals surface area (Å²) in [6.45, 7) is 6.08. The number of benzene rings is 6. The molecule has 1 saturated heterocycles. The second kappa shape index (κ2) is 13.6. The van der Waals surface area contributed by atoms with Gasteiger partial charge in [-0.05, 0) is 149 Å². The number of hydrogen-bond donors (Lipinski definition) is 1. The smallest absolute Gasteiger partial charge is 0.254 e. The van der Waals surface area contributed by atoms with Crippen LogP contribution in [0.15, 0.2) is 132 Å². The Labute approximate surface area is 352 Å². The van der Waals surface area contributed by atoms with E-state index in [0.717, 1.165) is 75.7 Å². The molecular formula is C55H49N3O2. The topological polar surface area (TPSA) is 58.2 Å². The molecule has 5 heteroatoms. The van der Waals surface area contributed by atoms with Gasteiger partial charge in [0, 0.05) is 24.2 Å². The highest BCUT2D eigenvalue weighted by Crippen LogP contribution is 2.55. The minimum Gasteiger partial charge on any atom is -0.357 e. The maximum absolute atomic E-state index is 13.2. The molecule has 0 spiro atoms. The van der Waals surface area contributed by atoms with Crippen molar-refractivity contribution in [3.8, 4) is 33.4 Å². The summed E-state index contributed by atoms with van der Waals surface area (Å²) < 4.78 is 8.28. The van der Waals surface area contributed by atoms with E-state index in [-0.39, 0.29) is 17.2 Å². The third kappa shape index (κ3) is 5.38. The van der Waals surface area contributed by atoms with Crippen molar-refractivity contribution >= 4 is 0 Å². The maximum Gasteiger partial charge on any atom is 0.254 e. The van der Waals surface area contributed by atoms with E-state index in [1.807, 2.05) is 6.92 Å². The fourth-order valence-electron chi connectivity index (χ4n) is 12.0. The quantitative estimate of drug-likeness (QED) is 0.171. The summed E-state index contributed by atoms with van der Waals surface area (Å²) in [6, 6.07) is 47.9. The molecular weight excluding hydrogens is 735 g/mol. The second-order valence-corrected chi connectivity index (χ2v) is 18.2. The van der Waals surface area contributed by atoms with Crippen LogP contribution in [0.25, 0.3) is 33.4 Å². The van der Waals surface area contributed by atoms with Crippen molar-refractivity contribution in [3.05, 3.63) is 205 Å². The van der Waals surface area contributed by atoms with Gasteiger partial charge >= 0.3 is 0 Å². The summed E-state index contributed by atoms with van der Waals surface area (Å²) in [5, 5.41) is 0. The first-order valence-electron chi connectivity index (χ1n) is 22.0. The highest BCUT2D eigenvalue weighted by atomic mass is 16.5. The van der Waals surface area contributed by atoms with Crippen molar-refractivity contribution in [3.63, 3.8) is 0 Å². The third-order valence-corrected chi connectivity index (χ3v) is 14.9. The summed E-state index contributed by atoms with van der Waals surface area (Å²) in [5.74, 6) is 0.706. The number of ether oxygens (including phenoxy) is 1. The van der Waals surface area contributed by atoms with E-state index in [1.54, 1.807) is 0 Å². The highest BCUT2D eigenvalue weighted by Gasteiger charge is 2.48. The molecule has 60 heavy (non-hydrogen) atoms. The van der Waals surface area contributed by atoms with Gasteiger partial charge in [0.1, 0.15) is 11.4 Å². The molecule has 2 heterocycles. The molecule has 1 aliphatic heterocycles. The first kappa shape index (κ1) is 36.0. The number of nitrogens with zero attached hydrogens (tertiary/aromatic N) is 2. The lowest BCUT2D eigenvalue weighted by atomic mass is 9.72. The predicted molar refractivity (Wildman–Crippen MR) is 240 cm³/mol. The first-order chi connectivity index (χ1) is 29.4. The minimum absolute atomic E-state index is 0.00680. The minimum atomic E-state index is -0.883. The van der Waals surface area contributed by atoms with Crippen molar-refractivity contribution in [1.82, 2.24) is 14.9 Å². The summed E-state index contributed by atoms with van der Waals surface area (Å²) in [5.41, 5.74) is 20.9. The Kier molecular flexibility index (Phi) is 8.14. The number of piperidine rings is 1. The Morgan fingerprint density at radius 2 is 1.07 bits per heavy atom. The number of hydrogen-bond acceptors (Lipinski definition) is 4. The van der Waals surface area contributed by atoms with Crippen LogP contribution in [0.3, 0.4) is 0 Å². The van der Waals surface area contributed by atoms with Crippen LogP contribution in [0.1, 0.15) is 93.3 Å². The van der Waals surface area contributed by atoms with E-state index >= 15 is 0 Å². The zero-order chi connectivity index (χ0) is 40.2. The van der Waals surface area contributed by atoms with Gasteiger partial charge in [0.25, 0.3) is 5.56 Å². The van der Waals surface area contributed by atoms with E-state index in [0.29, 0.717) is 5.82 Å². The average Bonchev–Trinajstić information content (AvgIpc) is 3.98. The Morgan fingerprint density at radius 1 is 0.617 bits per heavy atom. The number of aryl methyl sites for hydroxylation is 2. The second-order valence-electron chi connectivity index (χ2n) is 18.2. The number of likely N-dealkylation sites (tertiary alicyclic amines) is 1.